The van der Waals surface area contributed by atoms with Crippen molar-refractivity contribution in [2.75, 3.05) is 13.1 Å². The molecule has 2 aliphatic rings. The van der Waals surface area contributed by atoms with Crippen molar-refractivity contribution in [2.24, 2.45) is 5.92 Å². The minimum Gasteiger partial charge on any atom is -0.297 e. The summed E-state index contributed by atoms with van der Waals surface area (Å²) in [5, 5.41) is 2.09. The van der Waals surface area contributed by atoms with Crippen molar-refractivity contribution in [1.29, 1.82) is 0 Å². The van der Waals surface area contributed by atoms with Crippen LogP contribution in [-0.2, 0) is 4.79 Å². The van der Waals surface area contributed by atoms with Crippen LogP contribution < -0.4 is 0 Å². The van der Waals surface area contributed by atoms with E-state index < -0.39 is 6.04 Å². The van der Waals surface area contributed by atoms with E-state index in [0.29, 0.717) is 12.1 Å². The molecule has 0 amide bonds. The Kier molecular flexibility index (Phi) is 6.74. The maximum absolute atomic E-state index is 14.5. The number of hydrogen-bond acceptors (Lipinski definition) is 5. The minimum atomic E-state index is -0.511. The lowest BCUT2D eigenvalue weighted by Gasteiger charge is -2.37. The van der Waals surface area contributed by atoms with Crippen LogP contribution in [0.1, 0.15) is 36.6 Å². The lowest BCUT2D eigenvalue weighted by Crippen LogP contribution is -2.42. The van der Waals surface area contributed by atoms with Crippen molar-refractivity contribution in [3.8, 4) is 0 Å². The number of aromatic nitrogens is 1. The van der Waals surface area contributed by atoms with Crippen LogP contribution in [0.4, 0.5) is 4.39 Å². The van der Waals surface area contributed by atoms with Crippen molar-refractivity contribution in [3.05, 3.63) is 58.4 Å². The summed E-state index contributed by atoms with van der Waals surface area (Å²) < 4.78 is 18.8. The van der Waals surface area contributed by atoms with E-state index in [2.05, 4.69) is 15.3 Å². The molecule has 1 saturated heterocycles. The number of hydrogen-bond donors (Lipinski definition) is 1. The monoisotopic (exact) mass is 424 g/mol. The molecular formula is C20H22ClFN2OS2. The standard InChI is InChI=1S/C20H21FN2OS2.ClH/c21-17-4-2-1-3-16(17)19(20(24)13-5-6-13)23-9-7-18(25)14(12-23)11-15-8-10-26-22-15;/h1-4,8,10-11,13,18-19,25H,5-7,9,12H2;1H/b14-11+;. The van der Waals surface area contributed by atoms with E-state index in [9.17, 15) is 9.18 Å². The fourth-order valence-electron chi connectivity index (χ4n) is 3.56. The number of nitrogens with zero attached hydrogens (tertiary/aromatic N) is 2. The number of carbonyl (C=O) groups excluding carboxylic acids is 1. The van der Waals surface area contributed by atoms with Gasteiger partial charge in [-0.05, 0) is 54.6 Å². The predicted octanol–water partition coefficient (Wildman–Crippen LogP) is 4.81. The van der Waals surface area contributed by atoms with Crippen LogP contribution in [0.5, 0.6) is 0 Å². The molecule has 2 atom stereocenters. The van der Waals surface area contributed by atoms with E-state index in [1.54, 1.807) is 12.1 Å². The SMILES string of the molecule is Cl.O=C(C1CC1)C(c1ccccc1F)N1CCC(S)/C(=C/c2ccsn2)C1. The second kappa shape index (κ2) is 8.86. The zero-order valence-electron chi connectivity index (χ0n) is 14.8. The molecule has 3 nitrogen and oxygen atoms in total. The predicted molar refractivity (Wildman–Crippen MR) is 113 cm³/mol. The first-order chi connectivity index (χ1) is 12.6. The molecule has 2 heterocycles. The molecule has 1 aliphatic heterocycles. The number of benzene rings is 1. The molecule has 2 aromatic rings. The van der Waals surface area contributed by atoms with Crippen molar-refractivity contribution in [3.63, 3.8) is 0 Å². The Balaban J connectivity index is 0.00000210. The Morgan fingerprint density at radius 3 is 2.74 bits per heavy atom. The van der Waals surface area contributed by atoms with Gasteiger partial charge in [0.15, 0.2) is 5.78 Å². The number of rotatable bonds is 5. The third-order valence-electron chi connectivity index (χ3n) is 5.11. The third kappa shape index (κ3) is 4.62. The molecule has 1 aliphatic carbocycles. The lowest BCUT2D eigenvalue weighted by atomic mass is 9.93. The Hall–Kier alpha value is -1.21. The smallest absolute Gasteiger partial charge is 0.157 e. The zero-order valence-corrected chi connectivity index (χ0v) is 17.3. The molecule has 2 unspecified atom stereocenters. The molecule has 0 radical (unpaired) electrons. The Bertz CT molecular complexity index is 823. The van der Waals surface area contributed by atoms with Crippen LogP contribution in [0.15, 0.2) is 41.3 Å². The topological polar surface area (TPSA) is 33.2 Å². The fourth-order valence-corrected chi connectivity index (χ4v) is 4.33. The van der Waals surface area contributed by atoms with Crippen LogP contribution in [0.3, 0.4) is 0 Å². The fraction of sp³-hybridized carbons (Fsp3) is 0.400. The quantitative estimate of drug-likeness (QED) is 0.699. The van der Waals surface area contributed by atoms with Gasteiger partial charge in [-0.2, -0.15) is 17.0 Å². The molecule has 1 aromatic heterocycles. The molecule has 0 bridgehead atoms. The van der Waals surface area contributed by atoms with Crippen LogP contribution >= 0.6 is 36.6 Å². The van der Waals surface area contributed by atoms with Gasteiger partial charge in [-0.15, -0.1) is 12.4 Å². The van der Waals surface area contributed by atoms with Gasteiger partial charge in [-0.3, -0.25) is 9.69 Å². The van der Waals surface area contributed by atoms with Gasteiger partial charge in [0.05, 0.1) is 11.7 Å². The number of halogens is 2. The average molecular weight is 425 g/mol. The summed E-state index contributed by atoms with van der Waals surface area (Å²) in [4.78, 5) is 15.1. The zero-order chi connectivity index (χ0) is 18.1. The molecule has 4 rings (SSSR count). The largest absolute Gasteiger partial charge is 0.297 e. The Labute approximate surface area is 174 Å². The maximum Gasteiger partial charge on any atom is 0.157 e. The van der Waals surface area contributed by atoms with Gasteiger partial charge in [-0.25, -0.2) is 4.39 Å². The van der Waals surface area contributed by atoms with Crippen LogP contribution in [0.25, 0.3) is 6.08 Å². The number of piperidine rings is 1. The molecule has 0 N–H and O–H groups in total. The normalized spacial score (nSPS) is 23.0. The number of carbonyl (C=O) groups is 1. The number of thiol groups is 1. The highest BCUT2D eigenvalue weighted by Crippen LogP contribution is 2.39. The molecule has 7 heteroatoms. The summed E-state index contributed by atoms with van der Waals surface area (Å²) in [7, 11) is 0. The number of likely N-dealkylation sites (tertiary alicyclic amines) is 1. The molecule has 27 heavy (non-hydrogen) atoms. The van der Waals surface area contributed by atoms with Gasteiger partial charge in [0.2, 0.25) is 0 Å². The van der Waals surface area contributed by atoms with E-state index in [1.165, 1.54) is 17.6 Å². The van der Waals surface area contributed by atoms with Gasteiger partial charge in [0.1, 0.15) is 5.82 Å². The first kappa shape index (κ1) is 20.5. The third-order valence-corrected chi connectivity index (χ3v) is 6.27. The van der Waals surface area contributed by atoms with E-state index in [4.69, 9.17) is 12.6 Å². The molecule has 1 saturated carbocycles. The molecule has 144 valence electrons. The highest BCUT2D eigenvalue weighted by molar-refractivity contribution is 7.81. The van der Waals surface area contributed by atoms with Crippen molar-refractivity contribution in [2.45, 2.75) is 30.6 Å². The summed E-state index contributed by atoms with van der Waals surface area (Å²) in [6.45, 7) is 1.35. The van der Waals surface area contributed by atoms with Gasteiger partial charge in [0, 0.05) is 35.2 Å². The van der Waals surface area contributed by atoms with Crippen molar-refractivity contribution < 1.29 is 9.18 Å². The van der Waals surface area contributed by atoms with Crippen LogP contribution in [0.2, 0.25) is 0 Å². The molecule has 0 spiro atoms. The Morgan fingerprint density at radius 1 is 1.30 bits per heavy atom. The summed E-state index contributed by atoms with van der Waals surface area (Å²) in [6, 6.07) is 8.13. The number of ketones is 1. The maximum atomic E-state index is 14.5. The van der Waals surface area contributed by atoms with E-state index in [0.717, 1.165) is 37.1 Å². The lowest BCUT2D eigenvalue weighted by molar-refractivity contribution is -0.126. The van der Waals surface area contributed by atoms with Crippen LogP contribution in [-0.4, -0.2) is 33.4 Å². The van der Waals surface area contributed by atoms with Crippen LogP contribution in [0, 0.1) is 11.7 Å². The second-order valence-corrected chi connectivity index (χ2v) is 8.31. The summed E-state index contributed by atoms with van der Waals surface area (Å²) in [5.41, 5.74) is 2.55. The highest BCUT2D eigenvalue weighted by atomic mass is 35.5. The minimum absolute atomic E-state index is 0. The second-order valence-electron chi connectivity index (χ2n) is 7.02. The Morgan fingerprint density at radius 2 is 2.07 bits per heavy atom. The molecular weight excluding hydrogens is 403 g/mol. The molecule has 1 aromatic carbocycles. The molecule has 2 fully saturated rings. The van der Waals surface area contributed by atoms with E-state index in [-0.39, 0.29) is 35.2 Å². The summed E-state index contributed by atoms with van der Waals surface area (Å²) in [6.07, 6.45) is 4.74. The summed E-state index contributed by atoms with van der Waals surface area (Å²) in [5.74, 6) is -0.0652. The van der Waals surface area contributed by atoms with Crippen molar-refractivity contribution >= 4 is 48.4 Å². The van der Waals surface area contributed by atoms with Crippen molar-refractivity contribution in [1.82, 2.24) is 9.27 Å². The number of Topliss-reactive ketones (excluding diaryl/α,β-unsaturated/α-hetero) is 1. The van der Waals surface area contributed by atoms with E-state index >= 15 is 0 Å². The van der Waals surface area contributed by atoms with Gasteiger partial charge in [-0.1, -0.05) is 18.2 Å². The highest BCUT2D eigenvalue weighted by Gasteiger charge is 2.40. The van der Waals surface area contributed by atoms with Gasteiger partial charge < -0.3 is 0 Å². The van der Waals surface area contributed by atoms with E-state index in [1.807, 2.05) is 17.5 Å². The van der Waals surface area contributed by atoms with Gasteiger partial charge in [0.25, 0.3) is 0 Å². The average Bonchev–Trinajstić information content (AvgIpc) is 3.37. The first-order valence-electron chi connectivity index (χ1n) is 8.94. The first-order valence-corrected chi connectivity index (χ1v) is 10.3. The summed E-state index contributed by atoms with van der Waals surface area (Å²) >= 11 is 6.13. The van der Waals surface area contributed by atoms with Gasteiger partial charge >= 0.3 is 0 Å².